The number of benzene rings is 1. The minimum Gasteiger partial charge on any atom is -0.380 e. The first kappa shape index (κ1) is 14.9. The molecule has 1 aromatic heterocycles. The molecule has 0 fully saturated rings. The van der Waals surface area contributed by atoms with E-state index in [0.29, 0.717) is 0 Å². The lowest BCUT2D eigenvalue weighted by Crippen LogP contribution is -2.17. The number of halogens is 1. The fraction of sp³-hybridized carbons (Fsp3) is 0.267. The lowest BCUT2D eigenvalue weighted by molar-refractivity contribution is -0.118. The number of thiophene rings is 1. The van der Waals surface area contributed by atoms with Gasteiger partial charge in [-0.3, -0.25) is 4.79 Å². The number of amides is 1. The lowest BCUT2D eigenvalue weighted by atomic mass is 10.2. The second kappa shape index (κ2) is 6.77. The zero-order valence-electron chi connectivity index (χ0n) is 11.4. The Hall–Kier alpha value is -1.52. The maximum absolute atomic E-state index is 11.6. The molecule has 0 saturated carbocycles. The van der Waals surface area contributed by atoms with E-state index >= 15 is 0 Å². The highest BCUT2D eigenvalue weighted by molar-refractivity contribution is 7.16. The molecule has 0 aliphatic carbocycles. The molecule has 0 radical (unpaired) electrons. The van der Waals surface area contributed by atoms with Crippen LogP contribution in [0, 0.1) is 5.92 Å². The minimum absolute atomic E-state index is 0.0172. The third kappa shape index (κ3) is 4.25. The van der Waals surface area contributed by atoms with Gasteiger partial charge in [-0.25, -0.2) is 0 Å². The van der Waals surface area contributed by atoms with Crippen LogP contribution in [-0.4, -0.2) is 5.91 Å². The molecule has 2 aromatic rings. The van der Waals surface area contributed by atoms with Gasteiger partial charge in [0.25, 0.3) is 0 Å². The number of hydrogen-bond donors (Lipinski definition) is 2. The normalized spacial score (nSPS) is 10.6. The van der Waals surface area contributed by atoms with E-state index in [2.05, 4.69) is 10.6 Å². The fourth-order valence-corrected chi connectivity index (χ4v) is 2.62. The van der Waals surface area contributed by atoms with Crippen LogP contribution in [0.25, 0.3) is 0 Å². The van der Waals surface area contributed by atoms with Crippen LogP contribution in [-0.2, 0) is 11.3 Å². The van der Waals surface area contributed by atoms with E-state index in [4.69, 9.17) is 11.6 Å². The smallest absolute Gasteiger partial charge is 0.226 e. The van der Waals surface area contributed by atoms with Crippen molar-refractivity contribution < 1.29 is 4.79 Å². The Balaban J connectivity index is 1.89. The molecule has 0 atom stereocenters. The van der Waals surface area contributed by atoms with Crippen LogP contribution in [0.5, 0.6) is 0 Å². The first-order valence-electron chi connectivity index (χ1n) is 6.43. The number of rotatable bonds is 5. The van der Waals surface area contributed by atoms with Crippen LogP contribution in [0.15, 0.2) is 36.4 Å². The largest absolute Gasteiger partial charge is 0.380 e. The molecule has 0 aliphatic rings. The van der Waals surface area contributed by atoms with Gasteiger partial charge >= 0.3 is 0 Å². The third-order valence-electron chi connectivity index (χ3n) is 2.77. The van der Waals surface area contributed by atoms with Gasteiger partial charge in [0.15, 0.2) is 0 Å². The molecular weight excluding hydrogens is 292 g/mol. The lowest BCUT2D eigenvalue weighted by Gasteiger charge is -2.09. The van der Waals surface area contributed by atoms with Gasteiger partial charge in [0.05, 0.1) is 4.34 Å². The molecule has 0 aliphatic heterocycles. The highest BCUT2D eigenvalue weighted by Crippen LogP contribution is 2.22. The molecule has 0 saturated heterocycles. The van der Waals surface area contributed by atoms with Gasteiger partial charge in [0.2, 0.25) is 5.91 Å². The molecule has 1 amide bonds. The van der Waals surface area contributed by atoms with Crippen molar-refractivity contribution >= 4 is 40.2 Å². The molecule has 2 rings (SSSR count). The molecule has 3 nitrogen and oxygen atoms in total. The summed E-state index contributed by atoms with van der Waals surface area (Å²) in [6, 6.07) is 11.6. The summed E-state index contributed by atoms with van der Waals surface area (Å²) in [5.74, 6) is 0.00955. The molecule has 1 aromatic carbocycles. The van der Waals surface area contributed by atoms with Gasteiger partial charge in [-0.2, -0.15) is 0 Å². The molecular formula is C15H17ClN2OS. The van der Waals surface area contributed by atoms with Crippen LogP contribution in [0.1, 0.15) is 18.7 Å². The van der Waals surface area contributed by atoms with E-state index in [1.807, 2.05) is 50.2 Å². The number of nitrogens with one attached hydrogen (secondary N) is 2. The SMILES string of the molecule is CC(C)C(=O)Nc1ccc(NCc2ccc(Cl)s2)cc1. The topological polar surface area (TPSA) is 41.1 Å². The summed E-state index contributed by atoms with van der Waals surface area (Å²) >= 11 is 7.46. The van der Waals surface area contributed by atoms with Crippen molar-refractivity contribution in [1.82, 2.24) is 0 Å². The number of hydrogen-bond acceptors (Lipinski definition) is 3. The van der Waals surface area contributed by atoms with Crippen molar-refractivity contribution in [2.75, 3.05) is 10.6 Å². The zero-order valence-corrected chi connectivity index (χ0v) is 13.0. The summed E-state index contributed by atoms with van der Waals surface area (Å²) in [5.41, 5.74) is 1.82. The summed E-state index contributed by atoms with van der Waals surface area (Å²) in [5, 5.41) is 6.18. The second-order valence-electron chi connectivity index (χ2n) is 4.78. The summed E-state index contributed by atoms with van der Waals surface area (Å²) in [4.78, 5) is 12.8. The van der Waals surface area contributed by atoms with E-state index in [1.54, 1.807) is 11.3 Å². The van der Waals surface area contributed by atoms with Gasteiger partial charge < -0.3 is 10.6 Å². The van der Waals surface area contributed by atoms with Gasteiger partial charge in [0.1, 0.15) is 0 Å². The molecule has 0 spiro atoms. The van der Waals surface area contributed by atoms with E-state index in [-0.39, 0.29) is 11.8 Å². The zero-order chi connectivity index (χ0) is 14.5. The first-order chi connectivity index (χ1) is 9.54. The first-order valence-corrected chi connectivity index (χ1v) is 7.63. The Kier molecular flexibility index (Phi) is 5.04. The van der Waals surface area contributed by atoms with Crippen LogP contribution >= 0.6 is 22.9 Å². The van der Waals surface area contributed by atoms with Crippen molar-refractivity contribution in [3.63, 3.8) is 0 Å². The van der Waals surface area contributed by atoms with Crippen molar-refractivity contribution in [2.45, 2.75) is 20.4 Å². The Bertz CT molecular complexity index is 578. The molecule has 1 heterocycles. The summed E-state index contributed by atoms with van der Waals surface area (Å²) < 4.78 is 0.800. The number of carbonyl (C=O) groups excluding carboxylic acids is 1. The molecule has 5 heteroatoms. The predicted octanol–water partition coefficient (Wildman–Crippen LogP) is 4.61. The second-order valence-corrected chi connectivity index (χ2v) is 6.58. The number of anilines is 2. The molecule has 0 unspecified atom stereocenters. The summed E-state index contributed by atoms with van der Waals surface area (Å²) in [6.45, 7) is 4.49. The average Bonchev–Trinajstić information content (AvgIpc) is 2.83. The molecule has 0 bridgehead atoms. The Morgan fingerprint density at radius 1 is 1.15 bits per heavy atom. The Morgan fingerprint density at radius 2 is 1.80 bits per heavy atom. The Morgan fingerprint density at radius 3 is 2.35 bits per heavy atom. The van der Waals surface area contributed by atoms with Gasteiger partial charge in [0, 0.05) is 28.7 Å². The van der Waals surface area contributed by atoms with Crippen LogP contribution in [0.3, 0.4) is 0 Å². The quantitative estimate of drug-likeness (QED) is 0.847. The Labute approximate surface area is 128 Å². The minimum atomic E-state index is -0.0172. The van der Waals surface area contributed by atoms with Gasteiger partial charge in [-0.05, 0) is 36.4 Å². The monoisotopic (exact) mass is 308 g/mol. The fourth-order valence-electron chi connectivity index (χ4n) is 1.59. The van der Waals surface area contributed by atoms with Crippen LogP contribution in [0.2, 0.25) is 4.34 Å². The number of carbonyl (C=O) groups is 1. The predicted molar refractivity (Wildman–Crippen MR) is 86.6 cm³/mol. The summed E-state index contributed by atoms with van der Waals surface area (Å²) in [6.07, 6.45) is 0. The highest BCUT2D eigenvalue weighted by atomic mass is 35.5. The van der Waals surface area contributed by atoms with Crippen molar-refractivity contribution in [2.24, 2.45) is 5.92 Å². The maximum atomic E-state index is 11.6. The third-order valence-corrected chi connectivity index (χ3v) is 4.00. The maximum Gasteiger partial charge on any atom is 0.226 e. The molecule has 20 heavy (non-hydrogen) atoms. The average molecular weight is 309 g/mol. The van der Waals surface area contributed by atoms with E-state index in [0.717, 1.165) is 22.3 Å². The molecule has 2 N–H and O–H groups in total. The van der Waals surface area contributed by atoms with Crippen molar-refractivity contribution in [1.29, 1.82) is 0 Å². The summed E-state index contributed by atoms with van der Waals surface area (Å²) in [7, 11) is 0. The molecule has 106 valence electrons. The standard InChI is InChI=1S/C15H17ClN2OS/c1-10(2)15(19)18-12-5-3-11(4-6-12)17-9-13-7-8-14(16)20-13/h3-8,10,17H,9H2,1-2H3,(H,18,19). The van der Waals surface area contributed by atoms with Crippen molar-refractivity contribution in [3.8, 4) is 0 Å². The van der Waals surface area contributed by atoms with Gasteiger partial charge in [-0.1, -0.05) is 25.4 Å². The van der Waals surface area contributed by atoms with Crippen LogP contribution < -0.4 is 10.6 Å². The highest BCUT2D eigenvalue weighted by Gasteiger charge is 2.06. The van der Waals surface area contributed by atoms with Crippen molar-refractivity contribution in [3.05, 3.63) is 45.6 Å². The van der Waals surface area contributed by atoms with E-state index < -0.39 is 0 Å². The van der Waals surface area contributed by atoms with E-state index in [9.17, 15) is 4.79 Å². The van der Waals surface area contributed by atoms with Gasteiger partial charge in [-0.15, -0.1) is 11.3 Å². The van der Waals surface area contributed by atoms with E-state index in [1.165, 1.54) is 4.88 Å². The van der Waals surface area contributed by atoms with Crippen LogP contribution in [0.4, 0.5) is 11.4 Å².